The van der Waals surface area contributed by atoms with Crippen LogP contribution in [0.3, 0.4) is 0 Å². The summed E-state index contributed by atoms with van der Waals surface area (Å²) in [4.78, 5) is 0. The molecular formula is C32H62N2O6. The molecule has 0 aliphatic carbocycles. The minimum Gasteiger partial charge on any atom is -0.394 e. The molecule has 2 aliphatic rings. The summed E-state index contributed by atoms with van der Waals surface area (Å²) in [5.74, 6) is -1.08. The van der Waals surface area contributed by atoms with Gasteiger partial charge in [0.1, 0.15) is 0 Å². The average Bonchev–Trinajstić information content (AvgIpc) is 2.92. The van der Waals surface area contributed by atoms with E-state index in [-0.39, 0.29) is 6.61 Å². The lowest BCUT2D eigenvalue weighted by atomic mass is 10.0. The van der Waals surface area contributed by atoms with Gasteiger partial charge in [-0.3, -0.25) is 0 Å². The van der Waals surface area contributed by atoms with Crippen molar-refractivity contribution in [2.45, 2.75) is 134 Å². The molecule has 0 aromatic carbocycles. The summed E-state index contributed by atoms with van der Waals surface area (Å²) < 4.78 is 27.6. The zero-order valence-electron chi connectivity index (χ0n) is 26.4. The number of nitrogens with two attached hydrogens (primary N) is 2. The van der Waals surface area contributed by atoms with Crippen molar-refractivity contribution in [1.29, 1.82) is 0 Å². The second-order valence-electron chi connectivity index (χ2n) is 12.5. The van der Waals surface area contributed by atoms with Gasteiger partial charge in [0.15, 0.2) is 11.6 Å². The molecule has 8 heteroatoms. The van der Waals surface area contributed by atoms with E-state index in [1.807, 2.05) is 27.7 Å². The van der Waals surface area contributed by atoms with Crippen molar-refractivity contribution in [2.75, 3.05) is 46.2 Å². The fourth-order valence-corrected chi connectivity index (χ4v) is 4.08. The third kappa shape index (κ3) is 18.6. The number of allylic oxidation sites excluding steroid dienone is 4. The van der Waals surface area contributed by atoms with Crippen LogP contribution in [0.2, 0.25) is 0 Å². The Hall–Kier alpha value is -0.840. The van der Waals surface area contributed by atoms with Crippen LogP contribution in [0.25, 0.3) is 0 Å². The Morgan fingerprint density at radius 2 is 1.10 bits per heavy atom. The molecule has 2 rings (SSSR count). The first-order chi connectivity index (χ1) is 18.9. The highest BCUT2D eigenvalue weighted by molar-refractivity contribution is 4.93. The number of hydrogen-bond acceptors (Lipinski definition) is 8. The zero-order valence-corrected chi connectivity index (χ0v) is 26.4. The Balaban J connectivity index is 0.000000603. The molecular weight excluding hydrogens is 508 g/mol. The molecule has 0 radical (unpaired) electrons. The SMILES string of the molecule is CC1(C)OCC(N)(CO)CO1.CCCCC/C=C\C/C=C\CCCCCCCCOCC1(N)COC(C)(C)OC1. The summed E-state index contributed by atoms with van der Waals surface area (Å²) in [5.41, 5.74) is 10.7. The largest absolute Gasteiger partial charge is 0.394 e. The molecule has 0 saturated carbocycles. The lowest BCUT2D eigenvalue weighted by Crippen LogP contribution is -2.59. The van der Waals surface area contributed by atoms with E-state index in [1.54, 1.807) is 0 Å². The average molecular weight is 571 g/mol. The molecule has 0 aromatic heterocycles. The van der Waals surface area contributed by atoms with Gasteiger partial charge >= 0.3 is 0 Å². The van der Waals surface area contributed by atoms with Crippen molar-refractivity contribution in [2.24, 2.45) is 11.5 Å². The second-order valence-corrected chi connectivity index (χ2v) is 12.5. The van der Waals surface area contributed by atoms with Gasteiger partial charge in [-0.2, -0.15) is 0 Å². The number of unbranched alkanes of at least 4 members (excludes halogenated alkanes) is 9. The third-order valence-corrected chi connectivity index (χ3v) is 7.02. The molecule has 0 spiro atoms. The molecule has 0 atom stereocenters. The molecule has 2 fully saturated rings. The Morgan fingerprint density at radius 1 is 0.650 bits per heavy atom. The van der Waals surface area contributed by atoms with Gasteiger partial charge in [-0.25, -0.2) is 0 Å². The first kappa shape index (κ1) is 37.2. The van der Waals surface area contributed by atoms with Crippen molar-refractivity contribution in [3.8, 4) is 0 Å². The quantitative estimate of drug-likeness (QED) is 0.141. The molecule has 5 N–H and O–H groups in total. The maximum absolute atomic E-state index is 8.84. The molecule has 2 saturated heterocycles. The molecule has 0 unspecified atom stereocenters. The number of aliphatic hydroxyl groups excluding tert-OH is 1. The molecule has 8 nitrogen and oxygen atoms in total. The lowest BCUT2D eigenvalue weighted by molar-refractivity contribution is -0.271. The Kier molecular flexibility index (Phi) is 18.7. The fraction of sp³-hybridized carbons (Fsp3) is 0.875. The Morgan fingerprint density at radius 3 is 1.60 bits per heavy atom. The summed E-state index contributed by atoms with van der Waals surface area (Å²) in [7, 11) is 0. The zero-order chi connectivity index (χ0) is 29.8. The third-order valence-electron chi connectivity index (χ3n) is 7.02. The Bertz CT molecular complexity index is 675. The van der Waals surface area contributed by atoms with E-state index in [0.29, 0.717) is 33.0 Å². The normalized spacial score (nSPS) is 21.4. The van der Waals surface area contributed by atoms with Crippen molar-refractivity contribution in [1.82, 2.24) is 0 Å². The highest BCUT2D eigenvalue weighted by atomic mass is 16.7. The van der Waals surface area contributed by atoms with E-state index in [2.05, 4.69) is 31.2 Å². The Labute approximate surface area is 245 Å². The number of hydrogen-bond donors (Lipinski definition) is 3. The van der Waals surface area contributed by atoms with E-state index in [1.165, 1.54) is 64.2 Å². The van der Waals surface area contributed by atoms with Crippen LogP contribution in [-0.4, -0.2) is 74.0 Å². The molecule has 2 heterocycles. The smallest absolute Gasteiger partial charge is 0.162 e. The predicted octanol–water partition coefficient (Wildman–Crippen LogP) is 5.76. The van der Waals surface area contributed by atoms with Gasteiger partial charge in [0.2, 0.25) is 0 Å². The van der Waals surface area contributed by atoms with Crippen LogP contribution >= 0.6 is 0 Å². The van der Waals surface area contributed by atoms with Crippen molar-refractivity contribution < 1.29 is 28.8 Å². The fourth-order valence-electron chi connectivity index (χ4n) is 4.08. The number of aliphatic hydroxyl groups is 1. The topological polar surface area (TPSA) is 118 Å². The minimum absolute atomic E-state index is 0.108. The maximum atomic E-state index is 8.84. The number of rotatable bonds is 18. The van der Waals surface area contributed by atoms with E-state index < -0.39 is 22.7 Å². The summed E-state index contributed by atoms with van der Waals surface area (Å²) in [6.07, 6.45) is 24.4. The first-order valence-corrected chi connectivity index (χ1v) is 15.6. The van der Waals surface area contributed by atoms with Crippen LogP contribution in [-0.2, 0) is 23.7 Å². The highest BCUT2D eigenvalue weighted by Crippen LogP contribution is 2.22. The minimum atomic E-state index is -0.713. The molecule has 40 heavy (non-hydrogen) atoms. The number of ether oxygens (including phenoxy) is 5. The van der Waals surface area contributed by atoms with Gasteiger partial charge in [-0.15, -0.1) is 0 Å². The summed E-state index contributed by atoms with van der Waals surface area (Å²) in [6.45, 7) is 12.6. The van der Waals surface area contributed by atoms with Crippen LogP contribution in [0.5, 0.6) is 0 Å². The van der Waals surface area contributed by atoms with E-state index in [0.717, 1.165) is 19.4 Å². The van der Waals surface area contributed by atoms with Gasteiger partial charge in [0.25, 0.3) is 0 Å². The maximum Gasteiger partial charge on any atom is 0.162 e. The van der Waals surface area contributed by atoms with Crippen molar-refractivity contribution in [3.05, 3.63) is 24.3 Å². The lowest BCUT2D eigenvalue weighted by Gasteiger charge is -2.40. The van der Waals surface area contributed by atoms with Gasteiger partial charge in [-0.05, 0) is 66.2 Å². The molecule has 0 aromatic rings. The van der Waals surface area contributed by atoms with Crippen LogP contribution in [0.1, 0.15) is 112 Å². The van der Waals surface area contributed by atoms with Crippen LogP contribution in [0.4, 0.5) is 0 Å². The molecule has 236 valence electrons. The van der Waals surface area contributed by atoms with Crippen molar-refractivity contribution >= 4 is 0 Å². The second kappa shape index (κ2) is 20.1. The van der Waals surface area contributed by atoms with Gasteiger partial charge in [0.05, 0.1) is 50.7 Å². The molecule has 2 aliphatic heterocycles. The van der Waals surface area contributed by atoms with Gasteiger partial charge in [-0.1, -0.05) is 69.8 Å². The molecule has 0 amide bonds. The van der Waals surface area contributed by atoms with Crippen LogP contribution < -0.4 is 11.5 Å². The van der Waals surface area contributed by atoms with Crippen LogP contribution in [0.15, 0.2) is 24.3 Å². The van der Waals surface area contributed by atoms with Gasteiger partial charge < -0.3 is 40.3 Å². The molecule has 0 bridgehead atoms. The van der Waals surface area contributed by atoms with E-state index in [4.69, 9.17) is 40.3 Å². The van der Waals surface area contributed by atoms with E-state index >= 15 is 0 Å². The van der Waals surface area contributed by atoms with Gasteiger partial charge in [0, 0.05) is 6.61 Å². The summed E-state index contributed by atoms with van der Waals surface area (Å²) >= 11 is 0. The standard InChI is InChI=1S/C25H47NO3.C7H15NO3/c1-4-5-6-7-8-9-10-11-12-13-14-15-16-17-18-19-20-27-21-25(26)22-28-24(2,3)29-23-25;1-6(2)10-4-7(8,3-9)5-11-6/h8-9,11-12H,4-7,10,13-23,26H2,1-3H3;9H,3-5,8H2,1-2H3/b9-8-,12-11-;. The highest BCUT2D eigenvalue weighted by Gasteiger charge is 2.37. The first-order valence-electron chi connectivity index (χ1n) is 15.6. The predicted molar refractivity (Wildman–Crippen MR) is 163 cm³/mol. The monoisotopic (exact) mass is 570 g/mol. The van der Waals surface area contributed by atoms with Crippen molar-refractivity contribution in [3.63, 3.8) is 0 Å². The van der Waals surface area contributed by atoms with Crippen LogP contribution in [0, 0.1) is 0 Å². The summed E-state index contributed by atoms with van der Waals surface area (Å²) in [5, 5.41) is 8.84. The summed E-state index contributed by atoms with van der Waals surface area (Å²) in [6, 6.07) is 0. The van der Waals surface area contributed by atoms with E-state index in [9.17, 15) is 0 Å².